The zero-order valence-electron chi connectivity index (χ0n) is 10.2. The summed E-state index contributed by atoms with van der Waals surface area (Å²) in [5.74, 6) is 0.0467. The molecule has 1 aromatic carbocycles. The van der Waals surface area contributed by atoms with Crippen LogP contribution in [-0.2, 0) is 0 Å². The van der Waals surface area contributed by atoms with E-state index in [9.17, 15) is 4.79 Å². The number of anilines is 1. The van der Waals surface area contributed by atoms with E-state index in [1.807, 2.05) is 19.1 Å². The lowest BCUT2D eigenvalue weighted by atomic mass is 9.83. The lowest BCUT2D eigenvalue weighted by Gasteiger charge is -2.25. The van der Waals surface area contributed by atoms with Gasteiger partial charge in [-0.25, -0.2) is 4.79 Å². The number of hydrogen-bond acceptors (Lipinski definition) is 2. The summed E-state index contributed by atoms with van der Waals surface area (Å²) in [4.78, 5) is 10.9. The molecule has 3 nitrogen and oxygen atoms in total. The molecule has 92 valence electrons. The summed E-state index contributed by atoms with van der Waals surface area (Å²) in [6.07, 6.45) is 5.36. The standard InChI is InChI=1S/C14H19NO2/c1-10-9-12(5-6-13(10)14(16)17)15-8-7-11-3-2-4-11/h5-6,9,11,15H,2-4,7-8H2,1H3,(H,16,17). The van der Waals surface area contributed by atoms with Gasteiger partial charge in [-0.15, -0.1) is 0 Å². The van der Waals surface area contributed by atoms with Crippen LogP contribution in [0.1, 0.15) is 41.6 Å². The van der Waals surface area contributed by atoms with Crippen LogP contribution < -0.4 is 5.32 Å². The van der Waals surface area contributed by atoms with Crippen LogP contribution in [0, 0.1) is 12.8 Å². The van der Waals surface area contributed by atoms with Crippen LogP contribution in [0.25, 0.3) is 0 Å². The number of nitrogens with one attached hydrogen (secondary N) is 1. The molecule has 2 N–H and O–H groups in total. The summed E-state index contributed by atoms with van der Waals surface area (Å²) < 4.78 is 0. The van der Waals surface area contributed by atoms with E-state index in [0.717, 1.165) is 23.7 Å². The largest absolute Gasteiger partial charge is 0.478 e. The molecule has 1 aliphatic carbocycles. The first-order valence-corrected chi connectivity index (χ1v) is 6.24. The third kappa shape index (κ3) is 2.99. The van der Waals surface area contributed by atoms with E-state index in [0.29, 0.717) is 5.56 Å². The molecule has 0 aromatic heterocycles. The summed E-state index contributed by atoms with van der Waals surface area (Å²) >= 11 is 0. The number of aromatic carboxylic acids is 1. The van der Waals surface area contributed by atoms with Gasteiger partial charge in [-0.1, -0.05) is 19.3 Å². The molecule has 1 fully saturated rings. The van der Waals surface area contributed by atoms with Crippen molar-refractivity contribution in [2.24, 2.45) is 5.92 Å². The maximum atomic E-state index is 10.9. The van der Waals surface area contributed by atoms with E-state index < -0.39 is 5.97 Å². The van der Waals surface area contributed by atoms with Gasteiger partial charge in [0, 0.05) is 12.2 Å². The van der Waals surface area contributed by atoms with Crippen LogP contribution in [-0.4, -0.2) is 17.6 Å². The second-order valence-corrected chi connectivity index (χ2v) is 4.85. The normalized spacial score (nSPS) is 15.4. The van der Waals surface area contributed by atoms with Crippen molar-refractivity contribution in [2.75, 3.05) is 11.9 Å². The quantitative estimate of drug-likeness (QED) is 0.820. The molecule has 0 radical (unpaired) electrons. The predicted octanol–water partition coefficient (Wildman–Crippen LogP) is 3.30. The van der Waals surface area contributed by atoms with Crippen LogP contribution in [0.5, 0.6) is 0 Å². The zero-order chi connectivity index (χ0) is 12.3. The Kier molecular flexibility index (Phi) is 3.67. The van der Waals surface area contributed by atoms with E-state index >= 15 is 0 Å². The van der Waals surface area contributed by atoms with Crippen LogP contribution in [0.2, 0.25) is 0 Å². The molecule has 0 atom stereocenters. The molecule has 0 unspecified atom stereocenters. The van der Waals surface area contributed by atoms with Crippen LogP contribution >= 0.6 is 0 Å². The van der Waals surface area contributed by atoms with Crippen LogP contribution in [0.15, 0.2) is 18.2 Å². The Morgan fingerprint density at radius 1 is 1.47 bits per heavy atom. The van der Waals surface area contributed by atoms with E-state index in [4.69, 9.17) is 5.11 Å². The van der Waals surface area contributed by atoms with E-state index in [-0.39, 0.29) is 0 Å². The van der Waals surface area contributed by atoms with E-state index in [1.54, 1.807) is 6.07 Å². The highest BCUT2D eigenvalue weighted by atomic mass is 16.4. The molecule has 1 aliphatic rings. The second kappa shape index (κ2) is 5.21. The summed E-state index contributed by atoms with van der Waals surface area (Å²) in [5, 5.41) is 12.3. The van der Waals surface area contributed by atoms with Crippen molar-refractivity contribution >= 4 is 11.7 Å². The van der Waals surface area contributed by atoms with Crippen molar-refractivity contribution in [1.29, 1.82) is 0 Å². The van der Waals surface area contributed by atoms with Gasteiger partial charge in [0.2, 0.25) is 0 Å². The molecule has 0 amide bonds. The van der Waals surface area contributed by atoms with Crippen molar-refractivity contribution < 1.29 is 9.90 Å². The summed E-state index contributed by atoms with van der Waals surface area (Å²) in [6.45, 7) is 2.82. The molecule has 0 spiro atoms. The maximum Gasteiger partial charge on any atom is 0.335 e. The average molecular weight is 233 g/mol. The van der Waals surface area contributed by atoms with Gasteiger partial charge in [-0.05, 0) is 43.0 Å². The summed E-state index contributed by atoms with van der Waals surface area (Å²) in [7, 11) is 0. The molecular weight excluding hydrogens is 214 g/mol. The molecule has 1 saturated carbocycles. The topological polar surface area (TPSA) is 49.3 Å². The Hall–Kier alpha value is -1.51. The number of rotatable bonds is 5. The molecule has 0 bridgehead atoms. The number of benzene rings is 1. The van der Waals surface area contributed by atoms with Gasteiger partial charge in [0.15, 0.2) is 0 Å². The van der Waals surface area contributed by atoms with Crippen molar-refractivity contribution in [1.82, 2.24) is 0 Å². The first-order valence-electron chi connectivity index (χ1n) is 6.24. The predicted molar refractivity (Wildman–Crippen MR) is 68.6 cm³/mol. The first-order chi connectivity index (χ1) is 8.16. The Labute approximate surface area is 102 Å². The van der Waals surface area contributed by atoms with Gasteiger partial charge < -0.3 is 10.4 Å². The SMILES string of the molecule is Cc1cc(NCCC2CCC2)ccc1C(=O)O. The summed E-state index contributed by atoms with van der Waals surface area (Å²) in [6, 6.07) is 5.42. The van der Waals surface area contributed by atoms with Crippen molar-refractivity contribution in [2.45, 2.75) is 32.6 Å². The van der Waals surface area contributed by atoms with Gasteiger partial charge in [-0.3, -0.25) is 0 Å². The third-order valence-corrected chi connectivity index (χ3v) is 3.56. The van der Waals surface area contributed by atoms with Crippen molar-refractivity contribution in [3.05, 3.63) is 29.3 Å². The smallest absolute Gasteiger partial charge is 0.335 e. The Morgan fingerprint density at radius 2 is 2.24 bits per heavy atom. The van der Waals surface area contributed by atoms with Gasteiger partial charge in [0.05, 0.1) is 5.56 Å². The van der Waals surface area contributed by atoms with E-state index in [2.05, 4.69) is 5.32 Å². The number of hydrogen-bond donors (Lipinski definition) is 2. The van der Waals surface area contributed by atoms with E-state index in [1.165, 1.54) is 25.7 Å². The number of carboxylic acid groups (broad SMARTS) is 1. The second-order valence-electron chi connectivity index (χ2n) is 4.85. The maximum absolute atomic E-state index is 10.9. The molecule has 17 heavy (non-hydrogen) atoms. The van der Waals surface area contributed by atoms with Gasteiger partial charge in [0.25, 0.3) is 0 Å². The van der Waals surface area contributed by atoms with Crippen LogP contribution in [0.3, 0.4) is 0 Å². The molecule has 0 saturated heterocycles. The lowest BCUT2D eigenvalue weighted by molar-refractivity contribution is 0.0696. The fourth-order valence-corrected chi connectivity index (χ4v) is 2.22. The van der Waals surface area contributed by atoms with Crippen molar-refractivity contribution in [3.8, 4) is 0 Å². The third-order valence-electron chi connectivity index (χ3n) is 3.56. The molecular formula is C14H19NO2. The zero-order valence-corrected chi connectivity index (χ0v) is 10.2. The van der Waals surface area contributed by atoms with Crippen LogP contribution in [0.4, 0.5) is 5.69 Å². The Balaban J connectivity index is 1.88. The number of carbonyl (C=O) groups is 1. The molecule has 0 aliphatic heterocycles. The minimum atomic E-state index is -0.858. The minimum absolute atomic E-state index is 0.384. The number of aryl methyl sites for hydroxylation is 1. The fraction of sp³-hybridized carbons (Fsp3) is 0.500. The minimum Gasteiger partial charge on any atom is -0.478 e. The highest BCUT2D eigenvalue weighted by molar-refractivity contribution is 5.89. The van der Waals surface area contributed by atoms with Gasteiger partial charge in [-0.2, -0.15) is 0 Å². The lowest BCUT2D eigenvalue weighted by Crippen LogP contribution is -2.15. The monoisotopic (exact) mass is 233 g/mol. The fourth-order valence-electron chi connectivity index (χ4n) is 2.22. The van der Waals surface area contributed by atoms with Gasteiger partial charge in [0.1, 0.15) is 0 Å². The van der Waals surface area contributed by atoms with Crippen molar-refractivity contribution in [3.63, 3.8) is 0 Å². The Bertz CT molecular complexity index is 411. The number of carboxylic acids is 1. The summed E-state index contributed by atoms with van der Waals surface area (Å²) in [5.41, 5.74) is 2.22. The molecule has 2 rings (SSSR count). The molecule has 1 aromatic rings. The molecule has 0 heterocycles. The molecule has 3 heteroatoms. The Morgan fingerprint density at radius 3 is 2.76 bits per heavy atom. The van der Waals surface area contributed by atoms with Gasteiger partial charge >= 0.3 is 5.97 Å². The highest BCUT2D eigenvalue weighted by Gasteiger charge is 2.16. The average Bonchev–Trinajstić information content (AvgIpc) is 2.21. The first kappa shape index (κ1) is 12.0. The highest BCUT2D eigenvalue weighted by Crippen LogP contribution is 2.29.